The highest BCUT2D eigenvalue weighted by atomic mass is 32.2. The number of aliphatic hydroxyl groups is 1. The summed E-state index contributed by atoms with van der Waals surface area (Å²) in [6, 6.07) is 0. The summed E-state index contributed by atoms with van der Waals surface area (Å²) in [6.07, 6.45) is 2.17. The Hall–Kier alpha value is -0.170. The Balaban J connectivity index is 2.20. The van der Waals surface area contributed by atoms with Crippen molar-refractivity contribution in [2.24, 2.45) is 5.92 Å². The van der Waals surface area contributed by atoms with Gasteiger partial charge in [0.2, 0.25) is 10.0 Å². The lowest BCUT2D eigenvalue weighted by Gasteiger charge is -2.12. The van der Waals surface area contributed by atoms with E-state index in [9.17, 15) is 13.5 Å². The summed E-state index contributed by atoms with van der Waals surface area (Å²) in [5.41, 5.74) is 0. The summed E-state index contributed by atoms with van der Waals surface area (Å²) >= 11 is 0. The van der Waals surface area contributed by atoms with Crippen LogP contribution in [0.1, 0.15) is 33.1 Å². The zero-order chi connectivity index (χ0) is 12.9. The summed E-state index contributed by atoms with van der Waals surface area (Å²) in [4.78, 5) is 0. The van der Waals surface area contributed by atoms with E-state index < -0.39 is 10.0 Å². The van der Waals surface area contributed by atoms with Crippen molar-refractivity contribution >= 4 is 10.0 Å². The number of hydrogen-bond acceptors (Lipinski definition) is 4. The van der Waals surface area contributed by atoms with Crippen molar-refractivity contribution in [3.8, 4) is 0 Å². The maximum Gasteiger partial charge on any atom is 0.213 e. The van der Waals surface area contributed by atoms with Gasteiger partial charge in [0.05, 0.1) is 24.6 Å². The van der Waals surface area contributed by atoms with Crippen LogP contribution in [0.15, 0.2) is 0 Å². The van der Waals surface area contributed by atoms with Gasteiger partial charge >= 0.3 is 0 Å². The van der Waals surface area contributed by atoms with E-state index in [0.717, 1.165) is 12.8 Å². The molecule has 0 saturated heterocycles. The first-order valence-electron chi connectivity index (χ1n) is 6.16. The van der Waals surface area contributed by atoms with Gasteiger partial charge in [0, 0.05) is 6.54 Å². The molecule has 1 aliphatic rings. The van der Waals surface area contributed by atoms with E-state index in [2.05, 4.69) is 4.72 Å². The largest absolute Gasteiger partial charge is 0.393 e. The molecule has 0 radical (unpaired) electrons. The third-order valence-electron chi connectivity index (χ3n) is 2.91. The van der Waals surface area contributed by atoms with E-state index in [4.69, 9.17) is 4.74 Å². The van der Waals surface area contributed by atoms with Crippen molar-refractivity contribution in [2.45, 2.75) is 45.3 Å². The second-order valence-electron chi connectivity index (χ2n) is 4.92. The molecule has 2 unspecified atom stereocenters. The number of sulfonamides is 1. The lowest BCUT2D eigenvalue weighted by atomic mass is 10.1. The molecule has 102 valence electrons. The van der Waals surface area contributed by atoms with Crippen LogP contribution in [-0.4, -0.2) is 44.6 Å². The minimum atomic E-state index is -3.24. The fraction of sp³-hybridized carbons (Fsp3) is 1.00. The maximum absolute atomic E-state index is 11.6. The number of rotatable bonds is 7. The van der Waals surface area contributed by atoms with Crippen molar-refractivity contribution in [2.75, 3.05) is 18.9 Å². The van der Waals surface area contributed by atoms with Gasteiger partial charge in [-0.05, 0) is 39.0 Å². The molecule has 2 atom stereocenters. The van der Waals surface area contributed by atoms with E-state index in [0.29, 0.717) is 13.0 Å². The first-order chi connectivity index (χ1) is 7.89. The minimum absolute atomic E-state index is 0.000450. The fourth-order valence-corrected chi connectivity index (χ4v) is 2.89. The molecule has 0 bridgehead atoms. The Labute approximate surface area is 104 Å². The van der Waals surface area contributed by atoms with E-state index in [-0.39, 0.29) is 30.5 Å². The number of hydrogen-bond donors (Lipinski definition) is 2. The van der Waals surface area contributed by atoms with Crippen LogP contribution in [0.25, 0.3) is 0 Å². The SMILES string of the molecule is CC(C)OCCS(=O)(=O)NCC1CCC(O)C1. The summed E-state index contributed by atoms with van der Waals surface area (Å²) in [5, 5.41) is 9.33. The molecule has 0 spiro atoms. The highest BCUT2D eigenvalue weighted by Gasteiger charge is 2.24. The fourth-order valence-electron chi connectivity index (χ4n) is 1.94. The lowest BCUT2D eigenvalue weighted by Crippen LogP contribution is -2.32. The van der Waals surface area contributed by atoms with Crippen molar-refractivity contribution in [3.05, 3.63) is 0 Å². The maximum atomic E-state index is 11.6. The molecule has 5 nitrogen and oxygen atoms in total. The van der Waals surface area contributed by atoms with Gasteiger partial charge in [-0.15, -0.1) is 0 Å². The molecule has 0 aromatic carbocycles. The molecule has 0 heterocycles. The molecule has 17 heavy (non-hydrogen) atoms. The molecule has 0 aromatic rings. The Morgan fingerprint density at radius 3 is 2.65 bits per heavy atom. The first-order valence-corrected chi connectivity index (χ1v) is 7.81. The first kappa shape index (κ1) is 14.9. The lowest BCUT2D eigenvalue weighted by molar-refractivity contribution is 0.0911. The molecule has 0 aliphatic heterocycles. The molecule has 1 saturated carbocycles. The van der Waals surface area contributed by atoms with Crippen LogP contribution in [0.5, 0.6) is 0 Å². The second kappa shape index (κ2) is 6.68. The zero-order valence-electron chi connectivity index (χ0n) is 10.6. The molecule has 0 aromatic heterocycles. The van der Waals surface area contributed by atoms with E-state index in [1.165, 1.54) is 0 Å². The molecule has 1 rings (SSSR count). The predicted molar refractivity (Wildman–Crippen MR) is 66.2 cm³/mol. The molecular weight excluding hydrogens is 242 g/mol. The van der Waals surface area contributed by atoms with Gasteiger partial charge in [-0.3, -0.25) is 0 Å². The topological polar surface area (TPSA) is 75.6 Å². The van der Waals surface area contributed by atoms with Gasteiger partial charge in [-0.2, -0.15) is 0 Å². The predicted octanol–water partition coefficient (Wildman–Crippen LogP) is 0.492. The molecule has 2 N–H and O–H groups in total. The van der Waals surface area contributed by atoms with E-state index in [1.807, 2.05) is 13.8 Å². The number of aliphatic hydroxyl groups excluding tert-OH is 1. The van der Waals surface area contributed by atoms with Gasteiger partial charge in [0.1, 0.15) is 0 Å². The summed E-state index contributed by atoms with van der Waals surface area (Å²) < 4.78 is 31.0. The quantitative estimate of drug-likeness (QED) is 0.702. The van der Waals surface area contributed by atoms with E-state index >= 15 is 0 Å². The second-order valence-corrected chi connectivity index (χ2v) is 6.85. The average molecular weight is 265 g/mol. The standard InChI is InChI=1S/C11H23NO4S/c1-9(2)16-5-6-17(14,15)12-8-10-3-4-11(13)7-10/h9-13H,3-8H2,1-2H3. The molecule has 0 amide bonds. The van der Waals surface area contributed by atoms with Gasteiger partial charge in [-0.1, -0.05) is 0 Å². The average Bonchev–Trinajstić information content (AvgIpc) is 2.61. The van der Waals surface area contributed by atoms with Crippen LogP contribution in [-0.2, 0) is 14.8 Å². The van der Waals surface area contributed by atoms with Crippen LogP contribution in [0.2, 0.25) is 0 Å². The van der Waals surface area contributed by atoms with Gasteiger partial charge in [0.15, 0.2) is 0 Å². The monoisotopic (exact) mass is 265 g/mol. The smallest absolute Gasteiger partial charge is 0.213 e. The van der Waals surface area contributed by atoms with Gasteiger partial charge < -0.3 is 9.84 Å². The van der Waals surface area contributed by atoms with E-state index in [1.54, 1.807) is 0 Å². The van der Waals surface area contributed by atoms with Crippen molar-refractivity contribution < 1.29 is 18.3 Å². The summed E-state index contributed by atoms with van der Waals surface area (Å²) in [5.74, 6) is 0.270. The highest BCUT2D eigenvalue weighted by molar-refractivity contribution is 7.89. The van der Waals surface area contributed by atoms with Crippen LogP contribution < -0.4 is 4.72 Å². The van der Waals surface area contributed by atoms with Crippen LogP contribution in [0.4, 0.5) is 0 Å². The number of ether oxygens (including phenoxy) is 1. The van der Waals surface area contributed by atoms with Crippen molar-refractivity contribution in [1.29, 1.82) is 0 Å². The Morgan fingerprint density at radius 1 is 1.41 bits per heavy atom. The minimum Gasteiger partial charge on any atom is -0.393 e. The van der Waals surface area contributed by atoms with Gasteiger partial charge in [-0.25, -0.2) is 13.1 Å². The van der Waals surface area contributed by atoms with Crippen molar-refractivity contribution in [3.63, 3.8) is 0 Å². The van der Waals surface area contributed by atoms with Gasteiger partial charge in [0.25, 0.3) is 0 Å². The third-order valence-corrected chi connectivity index (χ3v) is 4.22. The number of nitrogens with one attached hydrogen (secondary N) is 1. The Morgan fingerprint density at radius 2 is 2.12 bits per heavy atom. The van der Waals surface area contributed by atoms with Crippen LogP contribution in [0.3, 0.4) is 0 Å². The van der Waals surface area contributed by atoms with Crippen LogP contribution in [0, 0.1) is 5.92 Å². The Kier molecular flexibility index (Phi) is 5.85. The molecule has 1 fully saturated rings. The molecule has 6 heteroatoms. The zero-order valence-corrected chi connectivity index (χ0v) is 11.4. The van der Waals surface area contributed by atoms with Crippen LogP contribution >= 0.6 is 0 Å². The van der Waals surface area contributed by atoms with Crippen molar-refractivity contribution in [1.82, 2.24) is 4.72 Å². The summed E-state index contributed by atoms with van der Waals surface area (Å²) in [6.45, 7) is 4.40. The Bertz CT molecular complexity index is 315. The molecular formula is C11H23NO4S. The summed E-state index contributed by atoms with van der Waals surface area (Å²) in [7, 11) is -3.24. The highest BCUT2D eigenvalue weighted by Crippen LogP contribution is 2.24. The normalized spacial score (nSPS) is 25.6. The molecule has 1 aliphatic carbocycles. The third kappa shape index (κ3) is 6.35.